The first-order valence-corrected chi connectivity index (χ1v) is 4.87. The highest BCUT2D eigenvalue weighted by molar-refractivity contribution is 7.67. The van der Waals surface area contributed by atoms with Gasteiger partial charge in [0.25, 0.3) is 0 Å². The molecule has 0 fully saturated rings. The van der Waals surface area contributed by atoms with Gasteiger partial charge in [-0.25, -0.2) is 0 Å². The molecular formula is C5H9ClNOP. The molecule has 0 radical (unpaired) electrons. The fourth-order valence-electron chi connectivity index (χ4n) is 0.510. The minimum atomic E-state index is -1.92. The average Bonchev–Trinajstić information content (AvgIpc) is 1.65. The third kappa shape index (κ3) is 2.83. The Balaban J connectivity index is 0.000000640. The molecule has 1 unspecified atom stereocenters. The molecule has 0 aromatic rings. The number of nitrogens with zero attached hydrogens (tertiary/aromatic N) is 1. The summed E-state index contributed by atoms with van der Waals surface area (Å²) < 4.78 is 11.1. The van der Waals surface area contributed by atoms with Gasteiger partial charge >= 0.3 is 0 Å². The van der Waals surface area contributed by atoms with Gasteiger partial charge in [-0.3, -0.25) is 4.99 Å². The second-order valence-corrected chi connectivity index (χ2v) is 5.00. The van der Waals surface area contributed by atoms with Crippen molar-refractivity contribution in [3.8, 4) is 0 Å². The summed E-state index contributed by atoms with van der Waals surface area (Å²) in [6, 6.07) is 0. The fourth-order valence-corrected chi connectivity index (χ4v) is 1.41. The first kappa shape index (κ1) is 8.93. The lowest BCUT2D eigenvalue weighted by Crippen LogP contribution is -1.88. The summed E-state index contributed by atoms with van der Waals surface area (Å²) >= 11 is 0. The maximum absolute atomic E-state index is 11.1. The number of halogens is 1. The predicted molar refractivity (Wildman–Crippen MR) is 43.3 cm³/mol. The Morgan fingerprint density at radius 1 is 1.67 bits per heavy atom. The fraction of sp³-hybridized carbons (Fsp3) is 0.400. The first-order valence-electron chi connectivity index (χ1n) is 2.46. The van der Waals surface area contributed by atoms with Gasteiger partial charge in [0.15, 0.2) is 0 Å². The molecule has 0 saturated carbocycles. The van der Waals surface area contributed by atoms with Gasteiger partial charge in [-0.2, -0.15) is 0 Å². The molecule has 9 heavy (non-hydrogen) atoms. The highest BCUT2D eigenvalue weighted by Crippen LogP contribution is 2.42. The highest BCUT2D eigenvalue weighted by Gasteiger charge is 2.09. The summed E-state index contributed by atoms with van der Waals surface area (Å²) in [6.45, 7) is 1.76. The van der Waals surface area contributed by atoms with Gasteiger partial charge in [-0.1, -0.05) is 0 Å². The van der Waals surface area contributed by atoms with E-state index in [0.717, 1.165) is 0 Å². The van der Waals surface area contributed by atoms with Crippen LogP contribution in [-0.2, 0) is 4.57 Å². The molecule has 0 bridgehead atoms. The third-order valence-corrected chi connectivity index (χ3v) is 2.67. The molecule has 4 heteroatoms. The van der Waals surface area contributed by atoms with Crippen molar-refractivity contribution in [2.75, 3.05) is 12.8 Å². The zero-order valence-electron chi connectivity index (χ0n) is 5.15. The largest absolute Gasteiger partial charge is 0.319 e. The minimum Gasteiger partial charge on any atom is -0.319 e. The summed E-state index contributed by atoms with van der Waals surface area (Å²) in [5.74, 6) is 1.69. The molecule has 0 N–H and O–H groups in total. The monoisotopic (exact) mass is 165 g/mol. The Morgan fingerprint density at radius 3 is 2.56 bits per heavy atom. The van der Waals surface area contributed by atoms with Crippen LogP contribution < -0.4 is 0 Å². The van der Waals surface area contributed by atoms with E-state index in [9.17, 15) is 4.57 Å². The van der Waals surface area contributed by atoms with Gasteiger partial charge in [-0.05, 0) is 12.5 Å². The second kappa shape index (κ2) is 3.19. The molecular weight excluding hydrogens is 156 g/mol. The molecule has 1 aliphatic heterocycles. The summed E-state index contributed by atoms with van der Waals surface area (Å²) in [5, 5.41) is 0. The summed E-state index contributed by atoms with van der Waals surface area (Å²) in [7, 11) is -1.92. The zero-order valence-corrected chi connectivity index (χ0v) is 6.86. The Labute approximate surface area is 60.8 Å². The van der Waals surface area contributed by atoms with Crippen molar-refractivity contribution < 1.29 is 4.57 Å². The lowest BCUT2D eigenvalue weighted by molar-refractivity contribution is 0.586. The summed E-state index contributed by atoms with van der Waals surface area (Å²) in [6.07, 6.45) is 3.93. The van der Waals surface area contributed by atoms with E-state index < -0.39 is 7.14 Å². The van der Waals surface area contributed by atoms with Crippen LogP contribution in [0.2, 0.25) is 0 Å². The molecule has 0 aliphatic carbocycles. The predicted octanol–water partition coefficient (Wildman–Crippen LogP) is 1.96. The normalized spacial score (nSPS) is 31.7. The topological polar surface area (TPSA) is 29.4 Å². The first-order chi connectivity index (χ1) is 3.71. The van der Waals surface area contributed by atoms with Gasteiger partial charge in [0.1, 0.15) is 7.14 Å². The number of aliphatic imine (C=N–C) groups is 1. The Morgan fingerprint density at radius 2 is 2.33 bits per heavy atom. The van der Waals surface area contributed by atoms with Crippen LogP contribution in [0.4, 0.5) is 0 Å². The molecule has 1 rings (SSSR count). The van der Waals surface area contributed by atoms with Crippen molar-refractivity contribution >= 4 is 25.8 Å². The van der Waals surface area contributed by atoms with Crippen LogP contribution in [0.25, 0.3) is 0 Å². The average molecular weight is 166 g/mol. The lowest BCUT2D eigenvalue weighted by atomic mass is 10.8. The Bertz CT molecular complexity index is 187. The molecule has 1 atom stereocenters. The smallest absolute Gasteiger partial charge is 0.112 e. The van der Waals surface area contributed by atoms with Crippen LogP contribution in [0.1, 0.15) is 0 Å². The Kier molecular flexibility index (Phi) is 3.16. The van der Waals surface area contributed by atoms with Gasteiger partial charge in [-0.15, -0.1) is 12.4 Å². The molecule has 0 saturated heterocycles. The number of rotatable bonds is 0. The maximum atomic E-state index is 11.1. The van der Waals surface area contributed by atoms with Gasteiger partial charge < -0.3 is 4.57 Å². The van der Waals surface area contributed by atoms with E-state index in [0.29, 0.717) is 6.16 Å². The molecule has 1 heterocycles. The number of hydrogen-bond acceptors (Lipinski definition) is 2. The van der Waals surface area contributed by atoms with Gasteiger partial charge in [0.05, 0.1) is 0 Å². The zero-order chi connectivity index (χ0) is 6.04. The van der Waals surface area contributed by atoms with Crippen LogP contribution in [0.15, 0.2) is 17.0 Å². The van der Waals surface area contributed by atoms with E-state index in [-0.39, 0.29) is 12.4 Å². The van der Waals surface area contributed by atoms with E-state index in [1.54, 1.807) is 24.9 Å². The second-order valence-electron chi connectivity index (χ2n) is 1.99. The van der Waals surface area contributed by atoms with Gasteiger partial charge in [0, 0.05) is 18.6 Å². The van der Waals surface area contributed by atoms with Crippen molar-refractivity contribution in [1.82, 2.24) is 0 Å². The molecule has 2 nitrogen and oxygen atoms in total. The van der Waals surface area contributed by atoms with Crippen molar-refractivity contribution in [1.29, 1.82) is 0 Å². The standard InChI is InChI=1S/C5H8NOP.ClH/c1-8(7)4-2-6-3-5-8;/h2-4H,5H2,1H3;1H. The molecule has 0 aromatic heterocycles. The van der Waals surface area contributed by atoms with Crippen LogP contribution in [0.3, 0.4) is 0 Å². The van der Waals surface area contributed by atoms with Crippen molar-refractivity contribution in [3.63, 3.8) is 0 Å². The van der Waals surface area contributed by atoms with E-state index in [4.69, 9.17) is 0 Å². The molecule has 0 amide bonds. The lowest BCUT2D eigenvalue weighted by Gasteiger charge is -2.04. The van der Waals surface area contributed by atoms with Crippen molar-refractivity contribution in [2.45, 2.75) is 0 Å². The van der Waals surface area contributed by atoms with Crippen molar-refractivity contribution in [3.05, 3.63) is 12.0 Å². The highest BCUT2D eigenvalue weighted by atomic mass is 35.5. The molecule has 1 aliphatic rings. The molecule has 52 valence electrons. The quantitative estimate of drug-likeness (QED) is 0.505. The summed E-state index contributed by atoms with van der Waals surface area (Å²) in [4.78, 5) is 3.79. The van der Waals surface area contributed by atoms with Crippen molar-refractivity contribution in [2.24, 2.45) is 4.99 Å². The van der Waals surface area contributed by atoms with E-state index >= 15 is 0 Å². The van der Waals surface area contributed by atoms with E-state index in [1.165, 1.54) is 0 Å². The number of hydrogen-bond donors (Lipinski definition) is 0. The van der Waals surface area contributed by atoms with Crippen LogP contribution >= 0.6 is 19.5 Å². The van der Waals surface area contributed by atoms with Crippen LogP contribution in [0.5, 0.6) is 0 Å². The SMILES string of the molecule is CP1(=O)C=CN=CC1.Cl. The van der Waals surface area contributed by atoms with Crippen LogP contribution in [0, 0.1) is 0 Å². The maximum Gasteiger partial charge on any atom is 0.112 e. The third-order valence-electron chi connectivity index (χ3n) is 1.02. The summed E-state index contributed by atoms with van der Waals surface area (Å²) in [5.41, 5.74) is 0. The Hall–Kier alpha value is -0.0700. The van der Waals surface area contributed by atoms with E-state index in [1.807, 2.05) is 0 Å². The minimum absolute atomic E-state index is 0. The molecule has 0 aromatic carbocycles. The van der Waals surface area contributed by atoms with Crippen LogP contribution in [-0.4, -0.2) is 19.0 Å². The van der Waals surface area contributed by atoms with Gasteiger partial charge in [0.2, 0.25) is 0 Å². The molecule has 0 spiro atoms. The van der Waals surface area contributed by atoms with E-state index in [2.05, 4.69) is 4.99 Å².